The second kappa shape index (κ2) is 8.33. The zero-order valence-corrected chi connectivity index (χ0v) is 15.7. The molecule has 0 fully saturated rings. The van der Waals surface area contributed by atoms with Gasteiger partial charge in [0.05, 0.1) is 22.7 Å². The molecular weight excluding hydrogens is 358 g/mol. The Balaban J connectivity index is 2.23. The number of ether oxygens (including phenoxy) is 1. The highest BCUT2D eigenvalue weighted by Gasteiger charge is 2.23. The van der Waals surface area contributed by atoms with Gasteiger partial charge in [-0.1, -0.05) is 29.8 Å². The SMILES string of the molecule is CC(C)(C)n1cc(C(=O)NCCOCC(=O)O)c(-c2ccccc2Cl)n1. The van der Waals surface area contributed by atoms with Gasteiger partial charge in [0.15, 0.2) is 0 Å². The number of carboxylic acids is 1. The van der Waals surface area contributed by atoms with E-state index in [1.54, 1.807) is 16.9 Å². The Labute approximate surface area is 156 Å². The molecule has 1 aromatic heterocycles. The second-order valence-corrected chi connectivity index (χ2v) is 7.10. The van der Waals surface area contributed by atoms with Crippen LogP contribution in [0.15, 0.2) is 30.5 Å². The first-order valence-electron chi connectivity index (χ1n) is 8.13. The highest BCUT2D eigenvalue weighted by Crippen LogP contribution is 2.30. The molecule has 0 spiro atoms. The molecule has 2 N–H and O–H groups in total. The number of nitrogens with zero attached hydrogens (tertiary/aromatic N) is 2. The van der Waals surface area contributed by atoms with Gasteiger partial charge in [-0.2, -0.15) is 5.10 Å². The molecule has 0 saturated heterocycles. The van der Waals surface area contributed by atoms with Crippen molar-refractivity contribution in [2.45, 2.75) is 26.3 Å². The van der Waals surface area contributed by atoms with Crippen LogP contribution in [-0.2, 0) is 15.1 Å². The van der Waals surface area contributed by atoms with Crippen LogP contribution in [0.4, 0.5) is 0 Å². The molecule has 2 rings (SSSR count). The molecule has 0 aliphatic carbocycles. The Morgan fingerprint density at radius 1 is 1.31 bits per heavy atom. The van der Waals surface area contributed by atoms with E-state index in [0.717, 1.165) is 0 Å². The number of halogens is 1. The molecule has 0 atom stereocenters. The maximum absolute atomic E-state index is 12.6. The van der Waals surface area contributed by atoms with Crippen LogP contribution >= 0.6 is 11.6 Å². The van der Waals surface area contributed by atoms with Crippen molar-refractivity contribution in [3.05, 3.63) is 41.0 Å². The molecule has 0 bridgehead atoms. The van der Waals surface area contributed by atoms with E-state index in [4.69, 9.17) is 21.4 Å². The molecule has 0 unspecified atom stereocenters. The minimum absolute atomic E-state index is 0.104. The van der Waals surface area contributed by atoms with E-state index >= 15 is 0 Å². The normalized spacial score (nSPS) is 11.4. The van der Waals surface area contributed by atoms with Crippen LogP contribution in [0.5, 0.6) is 0 Å². The van der Waals surface area contributed by atoms with E-state index in [0.29, 0.717) is 21.8 Å². The monoisotopic (exact) mass is 379 g/mol. The average molecular weight is 380 g/mol. The summed E-state index contributed by atoms with van der Waals surface area (Å²) in [6.45, 7) is 5.85. The van der Waals surface area contributed by atoms with Gasteiger partial charge < -0.3 is 15.2 Å². The molecule has 2 aromatic rings. The number of aromatic nitrogens is 2. The van der Waals surface area contributed by atoms with Crippen molar-refractivity contribution in [3.8, 4) is 11.3 Å². The van der Waals surface area contributed by atoms with Crippen LogP contribution in [0.3, 0.4) is 0 Å². The number of hydrogen-bond donors (Lipinski definition) is 2. The predicted molar refractivity (Wildman–Crippen MR) is 98.5 cm³/mol. The lowest BCUT2D eigenvalue weighted by molar-refractivity contribution is -0.142. The first-order chi connectivity index (χ1) is 12.2. The quantitative estimate of drug-likeness (QED) is 0.721. The molecule has 140 valence electrons. The summed E-state index contributed by atoms with van der Waals surface area (Å²) < 4.78 is 6.64. The van der Waals surface area contributed by atoms with Crippen molar-refractivity contribution in [3.63, 3.8) is 0 Å². The third-order valence-corrected chi connectivity index (χ3v) is 3.86. The van der Waals surface area contributed by atoms with Crippen molar-refractivity contribution in [2.24, 2.45) is 0 Å². The number of aliphatic carboxylic acids is 1. The fraction of sp³-hybridized carbons (Fsp3) is 0.389. The molecule has 26 heavy (non-hydrogen) atoms. The maximum atomic E-state index is 12.6. The van der Waals surface area contributed by atoms with E-state index in [1.807, 2.05) is 39.0 Å². The topological polar surface area (TPSA) is 93.5 Å². The third-order valence-electron chi connectivity index (χ3n) is 3.53. The van der Waals surface area contributed by atoms with Gasteiger partial charge >= 0.3 is 5.97 Å². The van der Waals surface area contributed by atoms with Crippen LogP contribution in [0.1, 0.15) is 31.1 Å². The molecule has 8 heteroatoms. The van der Waals surface area contributed by atoms with E-state index in [-0.39, 0.29) is 24.6 Å². The van der Waals surface area contributed by atoms with Crippen LogP contribution in [0.2, 0.25) is 5.02 Å². The predicted octanol–water partition coefficient (Wildman–Crippen LogP) is 2.79. The van der Waals surface area contributed by atoms with Gasteiger partial charge in [0.25, 0.3) is 5.91 Å². The van der Waals surface area contributed by atoms with Gasteiger partial charge in [-0.05, 0) is 26.8 Å². The molecule has 0 saturated carbocycles. The Morgan fingerprint density at radius 2 is 2.00 bits per heavy atom. The van der Waals surface area contributed by atoms with Gasteiger partial charge in [0, 0.05) is 18.3 Å². The molecule has 0 aliphatic rings. The van der Waals surface area contributed by atoms with E-state index in [1.165, 1.54) is 0 Å². The maximum Gasteiger partial charge on any atom is 0.329 e. The van der Waals surface area contributed by atoms with Crippen molar-refractivity contribution in [1.29, 1.82) is 0 Å². The number of amides is 1. The Hall–Kier alpha value is -2.38. The fourth-order valence-corrected chi connectivity index (χ4v) is 2.45. The summed E-state index contributed by atoms with van der Waals surface area (Å²) in [5, 5.41) is 16.3. The third kappa shape index (κ3) is 5.06. The molecule has 0 radical (unpaired) electrons. The van der Waals surface area contributed by atoms with E-state index in [2.05, 4.69) is 10.4 Å². The molecule has 0 aliphatic heterocycles. The minimum Gasteiger partial charge on any atom is -0.480 e. The Kier molecular flexibility index (Phi) is 6.39. The van der Waals surface area contributed by atoms with Gasteiger partial charge in [0.2, 0.25) is 0 Å². The summed E-state index contributed by atoms with van der Waals surface area (Å²) in [6.07, 6.45) is 1.69. The highest BCUT2D eigenvalue weighted by molar-refractivity contribution is 6.33. The number of hydrogen-bond acceptors (Lipinski definition) is 4. The smallest absolute Gasteiger partial charge is 0.329 e. The number of benzene rings is 1. The average Bonchev–Trinajstić information content (AvgIpc) is 3.00. The van der Waals surface area contributed by atoms with E-state index in [9.17, 15) is 9.59 Å². The summed E-state index contributed by atoms with van der Waals surface area (Å²) >= 11 is 6.28. The van der Waals surface area contributed by atoms with Crippen LogP contribution in [-0.4, -0.2) is 46.5 Å². The summed E-state index contributed by atoms with van der Waals surface area (Å²) in [5.41, 5.74) is 1.25. The van der Waals surface area contributed by atoms with Crippen molar-refractivity contribution < 1.29 is 19.4 Å². The minimum atomic E-state index is -1.05. The lowest BCUT2D eigenvalue weighted by Crippen LogP contribution is -2.28. The summed E-state index contributed by atoms with van der Waals surface area (Å²) in [6, 6.07) is 7.20. The van der Waals surface area contributed by atoms with Gasteiger partial charge in [0.1, 0.15) is 12.3 Å². The van der Waals surface area contributed by atoms with Crippen molar-refractivity contribution >= 4 is 23.5 Å². The molecule has 1 heterocycles. The molecule has 1 aromatic carbocycles. The fourth-order valence-electron chi connectivity index (χ4n) is 2.23. The Morgan fingerprint density at radius 3 is 2.62 bits per heavy atom. The molecular formula is C18H22ClN3O4. The van der Waals surface area contributed by atoms with Crippen molar-refractivity contribution in [2.75, 3.05) is 19.8 Å². The standard InChI is InChI=1S/C18H22ClN3O4/c1-18(2,3)22-10-13(17(25)20-8-9-26-11-15(23)24)16(21-22)12-6-4-5-7-14(12)19/h4-7,10H,8-9,11H2,1-3H3,(H,20,25)(H,23,24). The first-order valence-corrected chi connectivity index (χ1v) is 8.50. The lowest BCUT2D eigenvalue weighted by Gasteiger charge is -2.18. The van der Waals surface area contributed by atoms with Gasteiger partial charge in [-0.25, -0.2) is 4.79 Å². The lowest BCUT2D eigenvalue weighted by atomic mass is 10.1. The van der Waals surface area contributed by atoms with Crippen molar-refractivity contribution in [1.82, 2.24) is 15.1 Å². The van der Waals surface area contributed by atoms with Gasteiger partial charge in [-0.3, -0.25) is 9.48 Å². The zero-order chi connectivity index (χ0) is 19.3. The number of nitrogens with one attached hydrogen (secondary N) is 1. The number of carbonyl (C=O) groups excluding carboxylic acids is 1. The van der Waals surface area contributed by atoms with Crippen LogP contribution in [0, 0.1) is 0 Å². The highest BCUT2D eigenvalue weighted by atomic mass is 35.5. The number of carboxylic acid groups (broad SMARTS) is 1. The number of rotatable bonds is 7. The van der Waals surface area contributed by atoms with Crippen LogP contribution in [0.25, 0.3) is 11.3 Å². The summed E-state index contributed by atoms with van der Waals surface area (Å²) in [4.78, 5) is 23.0. The van der Waals surface area contributed by atoms with Gasteiger partial charge in [-0.15, -0.1) is 0 Å². The molecule has 1 amide bonds. The summed E-state index contributed by atoms with van der Waals surface area (Å²) in [5.74, 6) is -1.38. The first kappa shape index (κ1) is 19.9. The summed E-state index contributed by atoms with van der Waals surface area (Å²) in [7, 11) is 0. The van der Waals surface area contributed by atoms with E-state index < -0.39 is 12.6 Å². The largest absolute Gasteiger partial charge is 0.480 e. The second-order valence-electron chi connectivity index (χ2n) is 6.69. The van der Waals surface area contributed by atoms with Crippen LogP contribution < -0.4 is 5.32 Å². The number of carbonyl (C=O) groups is 2. The zero-order valence-electron chi connectivity index (χ0n) is 15.0. The molecule has 7 nitrogen and oxygen atoms in total. The Bertz CT molecular complexity index is 796.